The first-order valence-electron chi connectivity index (χ1n) is 5.02. The third-order valence-electron chi connectivity index (χ3n) is 2.28. The van der Waals surface area contributed by atoms with Gasteiger partial charge < -0.3 is 5.73 Å². The predicted molar refractivity (Wildman–Crippen MR) is 63.0 cm³/mol. The Hall–Kier alpha value is -1.89. The van der Waals surface area contributed by atoms with Gasteiger partial charge in [-0.25, -0.2) is 13.5 Å². The van der Waals surface area contributed by atoms with E-state index >= 15 is 0 Å². The van der Waals surface area contributed by atoms with Crippen LogP contribution in [-0.4, -0.2) is 29.4 Å². The first-order valence-corrected chi connectivity index (χ1v) is 6.68. The summed E-state index contributed by atoms with van der Waals surface area (Å²) in [5, 5.41) is 5.63. The Kier molecular flexibility index (Phi) is 3.10. The van der Waals surface area contributed by atoms with Gasteiger partial charge in [0.25, 0.3) is 0 Å². The maximum Gasteiger partial charge on any atom is 0.244 e. The summed E-state index contributed by atoms with van der Waals surface area (Å²) in [7, 11) is -3.45. The summed E-state index contributed by atoms with van der Waals surface area (Å²) in [6, 6.07) is 9.38. The third-order valence-corrected chi connectivity index (χ3v) is 3.79. The highest BCUT2D eigenvalue weighted by Crippen LogP contribution is 2.08. The number of rotatable bonds is 4. The van der Waals surface area contributed by atoms with E-state index in [4.69, 9.17) is 5.73 Å². The highest BCUT2D eigenvalue weighted by molar-refractivity contribution is 7.91. The van der Waals surface area contributed by atoms with E-state index in [1.165, 1.54) is 0 Å². The van der Waals surface area contributed by atoms with E-state index in [1.807, 2.05) is 30.3 Å². The number of anilines is 1. The second kappa shape index (κ2) is 4.54. The molecule has 2 rings (SSSR count). The normalized spacial score (nSPS) is 11.5. The van der Waals surface area contributed by atoms with Crippen LogP contribution in [0.1, 0.15) is 5.56 Å². The highest BCUT2D eigenvalue weighted by Gasteiger charge is 2.18. The SMILES string of the molecule is Nc1n[nH]c(S(=O)(=O)CCc2ccccc2)n1. The van der Waals surface area contributed by atoms with Gasteiger partial charge >= 0.3 is 0 Å². The summed E-state index contributed by atoms with van der Waals surface area (Å²) in [6.45, 7) is 0. The van der Waals surface area contributed by atoms with Gasteiger partial charge in [-0.15, -0.1) is 5.10 Å². The van der Waals surface area contributed by atoms with E-state index in [0.29, 0.717) is 6.42 Å². The summed E-state index contributed by atoms with van der Waals surface area (Å²) in [6.07, 6.45) is 0.434. The molecule has 0 saturated carbocycles. The lowest BCUT2D eigenvalue weighted by molar-refractivity contribution is 0.587. The third kappa shape index (κ3) is 2.82. The molecule has 1 aromatic carbocycles. The van der Waals surface area contributed by atoms with Gasteiger partial charge in [-0.05, 0) is 12.0 Å². The van der Waals surface area contributed by atoms with Crippen LogP contribution in [0.4, 0.5) is 5.95 Å². The molecule has 90 valence electrons. The van der Waals surface area contributed by atoms with Crippen LogP contribution in [0.15, 0.2) is 35.5 Å². The van der Waals surface area contributed by atoms with Crippen molar-refractivity contribution < 1.29 is 8.42 Å². The first kappa shape index (κ1) is 11.6. The van der Waals surface area contributed by atoms with E-state index in [-0.39, 0.29) is 16.9 Å². The fraction of sp³-hybridized carbons (Fsp3) is 0.200. The molecule has 1 aromatic heterocycles. The zero-order valence-electron chi connectivity index (χ0n) is 9.00. The number of aromatic nitrogens is 3. The van der Waals surface area contributed by atoms with Gasteiger partial charge in [-0.3, -0.25) is 0 Å². The molecule has 0 spiro atoms. The van der Waals surface area contributed by atoms with E-state index in [2.05, 4.69) is 15.2 Å². The molecule has 0 aliphatic rings. The molecule has 0 aliphatic heterocycles. The molecule has 6 nitrogen and oxygen atoms in total. The molecule has 0 aliphatic carbocycles. The Morgan fingerprint density at radius 1 is 1.24 bits per heavy atom. The van der Waals surface area contributed by atoms with Gasteiger partial charge in [0.1, 0.15) is 0 Å². The van der Waals surface area contributed by atoms with Crippen LogP contribution in [0.2, 0.25) is 0 Å². The number of hydrogen-bond acceptors (Lipinski definition) is 5. The van der Waals surface area contributed by atoms with E-state index in [0.717, 1.165) is 5.56 Å². The Balaban J connectivity index is 2.09. The molecule has 7 heteroatoms. The molecule has 1 heterocycles. The van der Waals surface area contributed by atoms with E-state index < -0.39 is 9.84 Å². The summed E-state index contributed by atoms with van der Waals surface area (Å²) in [5.74, 6) is -0.0886. The number of nitrogens with two attached hydrogens (primary N) is 1. The molecular weight excluding hydrogens is 240 g/mol. The number of nitrogens with one attached hydrogen (secondary N) is 1. The van der Waals surface area contributed by atoms with Crippen molar-refractivity contribution in [2.45, 2.75) is 11.6 Å². The number of H-pyrrole nitrogens is 1. The topological polar surface area (TPSA) is 102 Å². The minimum atomic E-state index is -3.45. The number of sulfone groups is 1. The summed E-state index contributed by atoms with van der Waals surface area (Å²) in [5.41, 5.74) is 6.23. The van der Waals surface area contributed by atoms with Gasteiger partial charge in [0.05, 0.1) is 5.75 Å². The highest BCUT2D eigenvalue weighted by atomic mass is 32.2. The molecule has 3 N–H and O–H groups in total. The molecule has 2 aromatic rings. The van der Waals surface area contributed by atoms with Gasteiger partial charge in [-0.2, -0.15) is 4.98 Å². The van der Waals surface area contributed by atoms with E-state index in [1.54, 1.807) is 0 Å². The number of aromatic amines is 1. The van der Waals surface area contributed by atoms with Crippen molar-refractivity contribution in [1.29, 1.82) is 0 Å². The molecule has 0 atom stereocenters. The van der Waals surface area contributed by atoms with Crippen LogP contribution >= 0.6 is 0 Å². The van der Waals surface area contributed by atoms with Crippen LogP contribution in [0.3, 0.4) is 0 Å². The Morgan fingerprint density at radius 2 is 1.94 bits per heavy atom. The van der Waals surface area contributed by atoms with Crippen molar-refractivity contribution in [3.05, 3.63) is 35.9 Å². The van der Waals surface area contributed by atoms with Crippen molar-refractivity contribution in [2.75, 3.05) is 11.5 Å². The number of nitrogens with zero attached hydrogens (tertiary/aromatic N) is 2. The van der Waals surface area contributed by atoms with Crippen LogP contribution in [0.25, 0.3) is 0 Å². The summed E-state index contributed by atoms with van der Waals surface area (Å²) >= 11 is 0. The smallest absolute Gasteiger partial charge is 0.244 e. The fourth-order valence-corrected chi connectivity index (χ4v) is 2.51. The second-order valence-corrected chi connectivity index (χ2v) is 5.58. The minimum Gasteiger partial charge on any atom is -0.366 e. The zero-order chi connectivity index (χ0) is 12.3. The molecule has 0 amide bonds. The average molecular weight is 252 g/mol. The van der Waals surface area contributed by atoms with Crippen LogP contribution < -0.4 is 5.73 Å². The lowest BCUT2D eigenvalue weighted by atomic mass is 10.2. The van der Waals surface area contributed by atoms with Gasteiger partial charge in [-0.1, -0.05) is 30.3 Å². The quantitative estimate of drug-likeness (QED) is 0.820. The monoisotopic (exact) mass is 252 g/mol. The van der Waals surface area contributed by atoms with Gasteiger partial charge in [0, 0.05) is 0 Å². The largest absolute Gasteiger partial charge is 0.366 e. The lowest BCUT2D eigenvalue weighted by Gasteiger charge is -2.00. The molecule has 0 unspecified atom stereocenters. The Labute approximate surface area is 98.8 Å². The number of nitrogen functional groups attached to an aromatic ring is 1. The molecule has 0 saturated heterocycles. The Morgan fingerprint density at radius 3 is 2.53 bits per heavy atom. The zero-order valence-corrected chi connectivity index (χ0v) is 9.81. The average Bonchev–Trinajstić information content (AvgIpc) is 2.76. The molecule has 0 radical (unpaired) electrons. The molecule has 17 heavy (non-hydrogen) atoms. The standard InChI is InChI=1S/C10H12N4O2S/c11-9-12-10(14-13-9)17(15,16)7-6-8-4-2-1-3-5-8/h1-5H,6-7H2,(H3,11,12,13,14). The van der Waals surface area contributed by atoms with Crippen molar-refractivity contribution in [3.8, 4) is 0 Å². The van der Waals surface area contributed by atoms with Crippen molar-refractivity contribution >= 4 is 15.8 Å². The van der Waals surface area contributed by atoms with Crippen LogP contribution in [-0.2, 0) is 16.3 Å². The second-order valence-electron chi connectivity index (χ2n) is 3.55. The Bertz CT molecular complexity index is 592. The van der Waals surface area contributed by atoms with Gasteiger partial charge in [0.15, 0.2) is 0 Å². The van der Waals surface area contributed by atoms with Crippen LogP contribution in [0, 0.1) is 0 Å². The van der Waals surface area contributed by atoms with Crippen molar-refractivity contribution in [1.82, 2.24) is 15.2 Å². The van der Waals surface area contributed by atoms with Crippen molar-refractivity contribution in [3.63, 3.8) is 0 Å². The number of aryl methyl sites for hydroxylation is 1. The van der Waals surface area contributed by atoms with E-state index in [9.17, 15) is 8.42 Å². The van der Waals surface area contributed by atoms with Crippen LogP contribution in [0.5, 0.6) is 0 Å². The lowest BCUT2D eigenvalue weighted by Crippen LogP contribution is -2.11. The van der Waals surface area contributed by atoms with Crippen molar-refractivity contribution in [2.24, 2.45) is 0 Å². The predicted octanol–water partition coefficient (Wildman–Crippen LogP) is 0.403. The molecule has 0 bridgehead atoms. The molecule has 0 fully saturated rings. The van der Waals surface area contributed by atoms with Gasteiger partial charge in [0.2, 0.25) is 20.9 Å². The molecular formula is C10H12N4O2S. The number of hydrogen-bond donors (Lipinski definition) is 2. The summed E-state index contributed by atoms with van der Waals surface area (Å²) in [4.78, 5) is 3.62. The summed E-state index contributed by atoms with van der Waals surface area (Å²) < 4.78 is 23.7. The number of benzene rings is 1. The minimum absolute atomic E-state index is 0.0222. The first-order chi connectivity index (χ1) is 8.08. The maximum absolute atomic E-state index is 11.8. The maximum atomic E-state index is 11.8. The fourth-order valence-electron chi connectivity index (χ4n) is 1.39.